The van der Waals surface area contributed by atoms with Crippen LogP contribution in [0.5, 0.6) is 5.75 Å². The van der Waals surface area contributed by atoms with Crippen LogP contribution in [0.25, 0.3) is 28.5 Å². The van der Waals surface area contributed by atoms with Gasteiger partial charge in [-0.15, -0.1) is 0 Å². The zero-order valence-corrected chi connectivity index (χ0v) is 17.5. The van der Waals surface area contributed by atoms with Crippen molar-refractivity contribution in [3.8, 4) is 17.1 Å². The summed E-state index contributed by atoms with van der Waals surface area (Å²) in [6, 6.07) is 18.5. The highest BCUT2D eigenvalue weighted by atomic mass is 35.5. The number of carbonyl (C=O) groups excluding carboxylic acids is 1. The number of fused-ring (bicyclic) bond motifs is 1. The predicted octanol–water partition coefficient (Wildman–Crippen LogP) is 6.20. The van der Waals surface area contributed by atoms with E-state index in [0.29, 0.717) is 27.0 Å². The molecule has 7 heteroatoms. The van der Waals surface area contributed by atoms with Crippen LogP contribution in [0.2, 0.25) is 10.0 Å². The fourth-order valence-corrected chi connectivity index (χ4v) is 3.69. The van der Waals surface area contributed by atoms with Crippen molar-refractivity contribution in [2.75, 3.05) is 12.4 Å². The molecule has 1 heterocycles. The minimum atomic E-state index is -0.296. The molecule has 150 valence electrons. The average molecular weight is 438 g/mol. The third kappa shape index (κ3) is 4.32. The first-order chi connectivity index (χ1) is 14.5. The maximum atomic E-state index is 12.4. The number of anilines is 1. The third-order valence-corrected chi connectivity index (χ3v) is 4.95. The van der Waals surface area contributed by atoms with Gasteiger partial charge in [-0.05, 0) is 42.5 Å². The minimum Gasteiger partial charge on any atom is -0.495 e. The van der Waals surface area contributed by atoms with Crippen LogP contribution in [0.1, 0.15) is 5.56 Å². The SMILES string of the molecule is COc1c(Cl)cc(Cl)cc1/C=C/C(=O)Nc1cccc(-c2nc3ccccc3[nH]2)c1. The van der Waals surface area contributed by atoms with Gasteiger partial charge in [-0.2, -0.15) is 0 Å². The molecule has 0 bridgehead atoms. The summed E-state index contributed by atoms with van der Waals surface area (Å²) >= 11 is 12.2. The average Bonchev–Trinajstić information content (AvgIpc) is 3.16. The quantitative estimate of drug-likeness (QED) is 0.365. The lowest BCUT2D eigenvalue weighted by atomic mass is 10.1. The van der Waals surface area contributed by atoms with Crippen LogP contribution in [0.4, 0.5) is 5.69 Å². The van der Waals surface area contributed by atoms with Crippen molar-refractivity contribution in [3.05, 3.63) is 82.3 Å². The van der Waals surface area contributed by atoms with Crippen molar-refractivity contribution in [2.45, 2.75) is 0 Å². The van der Waals surface area contributed by atoms with E-state index in [1.54, 1.807) is 18.2 Å². The van der Waals surface area contributed by atoms with Gasteiger partial charge in [0.05, 0.1) is 23.2 Å². The van der Waals surface area contributed by atoms with Crippen LogP contribution < -0.4 is 10.1 Å². The standard InChI is InChI=1S/C23H17Cl2N3O2/c1-30-22-14(11-16(24)13-18(22)25)9-10-21(29)26-17-6-4-5-15(12-17)23-27-19-7-2-3-8-20(19)28-23/h2-13H,1H3,(H,26,29)(H,27,28)/b10-9+. The van der Waals surface area contributed by atoms with Crippen LogP contribution in [0.15, 0.2) is 66.7 Å². The number of carbonyl (C=O) groups is 1. The summed E-state index contributed by atoms with van der Waals surface area (Å²) in [7, 11) is 1.51. The molecule has 0 radical (unpaired) electrons. The Morgan fingerprint density at radius 2 is 1.93 bits per heavy atom. The number of halogens is 2. The van der Waals surface area contributed by atoms with Crippen molar-refractivity contribution in [3.63, 3.8) is 0 Å². The van der Waals surface area contributed by atoms with Crippen molar-refractivity contribution < 1.29 is 9.53 Å². The molecule has 2 N–H and O–H groups in total. The number of nitrogens with zero attached hydrogens (tertiary/aromatic N) is 1. The predicted molar refractivity (Wildman–Crippen MR) is 122 cm³/mol. The molecule has 0 saturated heterocycles. The second-order valence-electron chi connectivity index (χ2n) is 6.52. The van der Waals surface area contributed by atoms with E-state index in [1.165, 1.54) is 13.2 Å². The highest BCUT2D eigenvalue weighted by Gasteiger charge is 2.09. The van der Waals surface area contributed by atoms with Crippen LogP contribution in [-0.4, -0.2) is 23.0 Å². The Kier molecular flexibility index (Phi) is 5.74. The Morgan fingerprint density at radius 1 is 1.10 bits per heavy atom. The highest BCUT2D eigenvalue weighted by molar-refractivity contribution is 6.36. The van der Waals surface area contributed by atoms with Gasteiger partial charge in [0.1, 0.15) is 11.6 Å². The monoisotopic (exact) mass is 437 g/mol. The summed E-state index contributed by atoms with van der Waals surface area (Å²) in [4.78, 5) is 20.3. The van der Waals surface area contributed by atoms with Gasteiger partial charge in [0.15, 0.2) is 0 Å². The summed E-state index contributed by atoms with van der Waals surface area (Å²) in [5, 5.41) is 3.68. The molecule has 1 amide bonds. The fraction of sp³-hybridized carbons (Fsp3) is 0.0435. The molecule has 0 unspecified atom stereocenters. The lowest BCUT2D eigenvalue weighted by Crippen LogP contribution is -2.07. The summed E-state index contributed by atoms with van der Waals surface area (Å²) in [5.41, 5.74) is 3.98. The van der Waals surface area contributed by atoms with E-state index >= 15 is 0 Å². The number of benzene rings is 3. The van der Waals surface area contributed by atoms with E-state index < -0.39 is 0 Å². The Bertz CT molecular complexity index is 1230. The molecule has 5 nitrogen and oxygen atoms in total. The van der Waals surface area contributed by atoms with E-state index in [-0.39, 0.29) is 5.91 Å². The lowest BCUT2D eigenvalue weighted by Gasteiger charge is -2.08. The van der Waals surface area contributed by atoms with Crippen LogP contribution in [0.3, 0.4) is 0 Å². The number of hydrogen-bond acceptors (Lipinski definition) is 3. The van der Waals surface area contributed by atoms with E-state index in [1.807, 2.05) is 48.5 Å². The van der Waals surface area contributed by atoms with Gasteiger partial charge in [-0.25, -0.2) is 4.98 Å². The Morgan fingerprint density at radius 3 is 2.73 bits per heavy atom. The van der Waals surface area contributed by atoms with Gasteiger partial charge in [-0.1, -0.05) is 47.5 Å². The Hall–Kier alpha value is -3.28. The van der Waals surface area contributed by atoms with Crippen LogP contribution in [0, 0.1) is 0 Å². The molecule has 3 aromatic carbocycles. The van der Waals surface area contributed by atoms with Gasteiger partial charge in [0.2, 0.25) is 5.91 Å². The number of hydrogen-bond donors (Lipinski definition) is 2. The van der Waals surface area contributed by atoms with Gasteiger partial charge in [-0.3, -0.25) is 4.79 Å². The van der Waals surface area contributed by atoms with Crippen LogP contribution in [-0.2, 0) is 4.79 Å². The molecular formula is C23H17Cl2N3O2. The normalized spacial score (nSPS) is 11.2. The number of imidazole rings is 1. The molecule has 0 fully saturated rings. The minimum absolute atomic E-state index is 0.296. The number of ether oxygens (including phenoxy) is 1. The van der Waals surface area contributed by atoms with Crippen molar-refractivity contribution >= 4 is 51.9 Å². The molecule has 0 spiro atoms. The molecule has 0 aliphatic rings. The number of rotatable bonds is 5. The summed E-state index contributed by atoms with van der Waals surface area (Å²) in [5.74, 6) is 0.896. The largest absolute Gasteiger partial charge is 0.495 e. The molecule has 1 aromatic heterocycles. The first-order valence-electron chi connectivity index (χ1n) is 9.11. The number of para-hydroxylation sites is 2. The maximum absolute atomic E-state index is 12.4. The van der Waals surface area contributed by atoms with Crippen molar-refractivity contribution in [1.29, 1.82) is 0 Å². The molecule has 30 heavy (non-hydrogen) atoms. The zero-order valence-electron chi connectivity index (χ0n) is 15.9. The fourth-order valence-electron chi connectivity index (χ4n) is 3.10. The number of amides is 1. The molecule has 4 aromatic rings. The summed E-state index contributed by atoms with van der Waals surface area (Å²) in [6.07, 6.45) is 3.01. The number of aromatic nitrogens is 2. The topological polar surface area (TPSA) is 67.0 Å². The molecular weight excluding hydrogens is 421 g/mol. The van der Waals surface area contributed by atoms with Gasteiger partial charge in [0.25, 0.3) is 0 Å². The van der Waals surface area contributed by atoms with Gasteiger partial charge >= 0.3 is 0 Å². The second kappa shape index (κ2) is 8.61. The first kappa shape index (κ1) is 20.0. The Balaban J connectivity index is 1.53. The number of nitrogens with one attached hydrogen (secondary N) is 2. The zero-order chi connectivity index (χ0) is 21.1. The lowest BCUT2D eigenvalue weighted by molar-refractivity contribution is -0.111. The third-order valence-electron chi connectivity index (χ3n) is 4.45. The second-order valence-corrected chi connectivity index (χ2v) is 7.36. The first-order valence-corrected chi connectivity index (χ1v) is 9.86. The molecule has 4 rings (SSSR count). The number of H-pyrrole nitrogens is 1. The number of methoxy groups -OCH3 is 1. The summed E-state index contributed by atoms with van der Waals surface area (Å²) < 4.78 is 5.29. The van der Waals surface area contributed by atoms with E-state index in [9.17, 15) is 4.79 Å². The highest BCUT2D eigenvalue weighted by Crippen LogP contribution is 2.33. The Labute approximate surface area is 183 Å². The van der Waals surface area contributed by atoms with Crippen molar-refractivity contribution in [2.24, 2.45) is 0 Å². The smallest absolute Gasteiger partial charge is 0.248 e. The van der Waals surface area contributed by atoms with Gasteiger partial charge in [0, 0.05) is 27.9 Å². The molecule has 0 aliphatic heterocycles. The molecule has 0 saturated carbocycles. The summed E-state index contributed by atoms with van der Waals surface area (Å²) in [6.45, 7) is 0. The van der Waals surface area contributed by atoms with E-state index in [4.69, 9.17) is 27.9 Å². The van der Waals surface area contributed by atoms with E-state index in [0.717, 1.165) is 22.4 Å². The van der Waals surface area contributed by atoms with Crippen molar-refractivity contribution in [1.82, 2.24) is 9.97 Å². The van der Waals surface area contributed by atoms with Gasteiger partial charge < -0.3 is 15.0 Å². The maximum Gasteiger partial charge on any atom is 0.248 e. The van der Waals surface area contributed by atoms with Crippen LogP contribution >= 0.6 is 23.2 Å². The number of aromatic amines is 1. The molecule has 0 atom stereocenters. The van der Waals surface area contributed by atoms with E-state index in [2.05, 4.69) is 15.3 Å². The molecule has 0 aliphatic carbocycles.